The fourth-order valence-corrected chi connectivity index (χ4v) is 4.60. The summed E-state index contributed by atoms with van der Waals surface area (Å²) in [5.74, 6) is 0.698. The zero-order chi connectivity index (χ0) is 22.7. The minimum absolute atomic E-state index is 0.00472. The zero-order valence-corrected chi connectivity index (χ0v) is 19.0. The SMILES string of the molecule is COc1ccc(CN2C(=O)[C@]3(CC=C(C)C)CCCN3C(=O)/C2=C\c2ccccc2)cc1. The smallest absolute Gasteiger partial charge is 0.271 e. The van der Waals surface area contributed by atoms with Crippen LogP contribution in [0.1, 0.15) is 44.2 Å². The first-order valence-electron chi connectivity index (χ1n) is 11.1. The van der Waals surface area contributed by atoms with Gasteiger partial charge in [-0.2, -0.15) is 0 Å². The quantitative estimate of drug-likeness (QED) is 0.489. The van der Waals surface area contributed by atoms with Gasteiger partial charge in [0.15, 0.2) is 0 Å². The molecule has 0 saturated carbocycles. The fourth-order valence-electron chi connectivity index (χ4n) is 4.60. The average Bonchev–Trinajstić information content (AvgIpc) is 3.25. The molecule has 2 saturated heterocycles. The predicted molar refractivity (Wildman–Crippen MR) is 126 cm³/mol. The highest BCUT2D eigenvalue weighted by atomic mass is 16.5. The minimum Gasteiger partial charge on any atom is -0.497 e. The molecule has 2 aliphatic rings. The van der Waals surface area contributed by atoms with Crippen LogP contribution in [0.4, 0.5) is 0 Å². The van der Waals surface area contributed by atoms with Crippen molar-refractivity contribution in [1.82, 2.24) is 9.80 Å². The number of amides is 2. The molecule has 32 heavy (non-hydrogen) atoms. The Morgan fingerprint density at radius 2 is 1.78 bits per heavy atom. The number of allylic oxidation sites excluding steroid dienone is 1. The molecular formula is C27H30N2O3. The maximum atomic E-state index is 14.1. The molecule has 2 heterocycles. The van der Waals surface area contributed by atoms with Crippen LogP contribution in [0.15, 0.2) is 71.9 Å². The lowest BCUT2D eigenvalue weighted by Crippen LogP contribution is -2.64. The summed E-state index contributed by atoms with van der Waals surface area (Å²) in [5.41, 5.74) is 2.65. The number of nitrogens with zero attached hydrogens (tertiary/aromatic N) is 2. The lowest BCUT2D eigenvalue weighted by atomic mass is 9.86. The first-order valence-corrected chi connectivity index (χ1v) is 11.1. The third-order valence-electron chi connectivity index (χ3n) is 6.34. The van der Waals surface area contributed by atoms with Crippen molar-refractivity contribution in [1.29, 1.82) is 0 Å². The average molecular weight is 431 g/mol. The molecule has 0 aromatic heterocycles. The summed E-state index contributed by atoms with van der Waals surface area (Å²) in [6, 6.07) is 17.4. The molecule has 166 valence electrons. The number of ether oxygens (including phenoxy) is 1. The van der Waals surface area contributed by atoms with E-state index < -0.39 is 5.54 Å². The topological polar surface area (TPSA) is 49.9 Å². The van der Waals surface area contributed by atoms with Crippen molar-refractivity contribution >= 4 is 17.9 Å². The molecule has 0 spiro atoms. The van der Waals surface area contributed by atoms with Crippen LogP contribution in [-0.4, -0.2) is 40.8 Å². The lowest BCUT2D eigenvalue weighted by Gasteiger charge is -2.46. The van der Waals surface area contributed by atoms with E-state index in [2.05, 4.69) is 6.08 Å². The Labute approximate surface area is 190 Å². The largest absolute Gasteiger partial charge is 0.497 e. The van der Waals surface area contributed by atoms with Gasteiger partial charge in [-0.25, -0.2) is 0 Å². The van der Waals surface area contributed by atoms with Gasteiger partial charge in [-0.3, -0.25) is 9.59 Å². The van der Waals surface area contributed by atoms with E-state index in [1.165, 1.54) is 0 Å². The Bertz CT molecular complexity index is 1050. The van der Waals surface area contributed by atoms with Gasteiger partial charge >= 0.3 is 0 Å². The lowest BCUT2D eigenvalue weighted by molar-refractivity contribution is -0.157. The molecular weight excluding hydrogens is 400 g/mol. The molecule has 0 N–H and O–H groups in total. The Kier molecular flexibility index (Phi) is 6.17. The number of carbonyl (C=O) groups excluding carboxylic acids is 2. The summed E-state index contributed by atoms with van der Waals surface area (Å²) in [6.45, 7) is 5.02. The van der Waals surface area contributed by atoms with Gasteiger partial charge in [0.1, 0.15) is 17.0 Å². The second-order valence-electron chi connectivity index (χ2n) is 8.76. The van der Waals surface area contributed by atoms with E-state index in [0.717, 1.165) is 28.9 Å². The Hall–Kier alpha value is -3.34. The first kappa shape index (κ1) is 21.9. The second kappa shape index (κ2) is 9.03. The fraction of sp³-hybridized carbons (Fsp3) is 0.333. The van der Waals surface area contributed by atoms with Crippen molar-refractivity contribution in [2.45, 2.75) is 45.2 Å². The van der Waals surface area contributed by atoms with Crippen molar-refractivity contribution in [2.24, 2.45) is 0 Å². The normalized spacial score (nSPS) is 21.7. The van der Waals surface area contributed by atoms with Crippen molar-refractivity contribution in [2.75, 3.05) is 13.7 Å². The van der Waals surface area contributed by atoms with E-state index in [9.17, 15) is 9.59 Å². The van der Waals surface area contributed by atoms with Crippen LogP contribution in [0.3, 0.4) is 0 Å². The van der Waals surface area contributed by atoms with Crippen molar-refractivity contribution in [3.63, 3.8) is 0 Å². The van der Waals surface area contributed by atoms with Crippen LogP contribution in [-0.2, 0) is 16.1 Å². The van der Waals surface area contributed by atoms with E-state index >= 15 is 0 Å². The summed E-state index contributed by atoms with van der Waals surface area (Å²) in [4.78, 5) is 31.3. The molecule has 0 aliphatic carbocycles. The summed E-state index contributed by atoms with van der Waals surface area (Å²) >= 11 is 0. The van der Waals surface area contributed by atoms with Crippen LogP contribution in [0.25, 0.3) is 6.08 Å². The van der Waals surface area contributed by atoms with Crippen LogP contribution in [0.2, 0.25) is 0 Å². The Morgan fingerprint density at radius 3 is 2.44 bits per heavy atom. The maximum absolute atomic E-state index is 14.1. The van der Waals surface area contributed by atoms with Gasteiger partial charge in [0, 0.05) is 6.54 Å². The molecule has 2 aromatic rings. The number of benzene rings is 2. The molecule has 0 unspecified atom stereocenters. The number of hydrogen-bond acceptors (Lipinski definition) is 3. The number of carbonyl (C=O) groups is 2. The van der Waals surface area contributed by atoms with E-state index in [-0.39, 0.29) is 11.8 Å². The third kappa shape index (κ3) is 4.07. The highest BCUT2D eigenvalue weighted by molar-refractivity contribution is 6.09. The number of rotatable bonds is 6. The van der Waals surface area contributed by atoms with Gasteiger partial charge in [-0.15, -0.1) is 0 Å². The molecule has 5 heteroatoms. The number of methoxy groups -OCH3 is 1. The van der Waals surface area contributed by atoms with E-state index in [0.29, 0.717) is 31.6 Å². The molecule has 5 nitrogen and oxygen atoms in total. The summed E-state index contributed by atoms with van der Waals surface area (Å²) in [7, 11) is 1.63. The van der Waals surface area contributed by atoms with E-state index in [4.69, 9.17) is 4.74 Å². The van der Waals surface area contributed by atoms with Crippen molar-refractivity contribution in [3.8, 4) is 5.75 Å². The summed E-state index contributed by atoms with van der Waals surface area (Å²) in [5, 5.41) is 0. The Morgan fingerprint density at radius 1 is 1.06 bits per heavy atom. The van der Waals surface area contributed by atoms with Crippen LogP contribution in [0.5, 0.6) is 5.75 Å². The van der Waals surface area contributed by atoms with Crippen LogP contribution < -0.4 is 4.74 Å². The van der Waals surface area contributed by atoms with Gasteiger partial charge < -0.3 is 14.5 Å². The first-order chi connectivity index (χ1) is 15.4. The highest BCUT2D eigenvalue weighted by Gasteiger charge is 2.56. The monoisotopic (exact) mass is 430 g/mol. The van der Waals surface area contributed by atoms with Gasteiger partial charge in [-0.1, -0.05) is 54.1 Å². The number of hydrogen-bond donors (Lipinski definition) is 0. The molecule has 0 radical (unpaired) electrons. The third-order valence-corrected chi connectivity index (χ3v) is 6.34. The van der Waals surface area contributed by atoms with Crippen molar-refractivity contribution < 1.29 is 14.3 Å². The van der Waals surface area contributed by atoms with Gasteiger partial charge in [0.2, 0.25) is 0 Å². The maximum Gasteiger partial charge on any atom is 0.271 e. The van der Waals surface area contributed by atoms with E-state index in [1.807, 2.05) is 79.4 Å². The molecule has 2 fully saturated rings. The number of fused-ring (bicyclic) bond motifs is 1. The summed E-state index contributed by atoms with van der Waals surface area (Å²) in [6.07, 6.45) is 6.01. The van der Waals surface area contributed by atoms with Gasteiger partial charge in [0.25, 0.3) is 11.8 Å². The summed E-state index contributed by atoms with van der Waals surface area (Å²) < 4.78 is 5.27. The van der Waals surface area contributed by atoms with Gasteiger partial charge in [-0.05, 0) is 62.4 Å². The molecule has 2 aromatic carbocycles. The molecule has 4 rings (SSSR count). The van der Waals surface area contributed by atoms with Crippen LogP contribution in [0, 0.1) is 0 Å². The second-order valence-corrected chi connectivity index (χ2v) is 8.76. The highest BCUT2D eigenvalue weighted by Crippen LogP contribution is 2.41. The number of piperazine rings is 1. The van der Waals surface area contributed by atoms with Crippen LogP contribution >= 0.6 is 0 Å². The van der Waals surface area contributed by atoms with E-state index in [1.54, 1.807) is 12.0 Å². The van der Waals surface area contributed by atoms with Gasteiger partial charge in [0.05, 0.1) is 13.7 Å². The molecule has 1 atom stereocenters. The molecule has 0 bridgehead atoms. The zero-order valence-electron chi connectivity index (χ0n) is 19.0. The molecule has 2 aliphatic heterocycles. The standard InChI is InChI=1S/C27H30N2O3/c1-20(2)14-16-27-15-7-17-29(27)25(30)24(18-21-8-5-4-6-9-21)28(26(27)31)19-22-10-12-23(32-3)13-11-22/h4-6,8-14,18H,7,15-17,19H2,1-3H3/b24-18+/t27-/m1/s1. The minimum atomic E-state index is -0.797. The molecule has 2 amide bonds. The van der Waals surface area contributed by atoms with Crippen molar-refractivity contribution in [3.05, 3.63) is 83.1 Å². The Balaban J connectivity index is 1.78. The predicted octanol–water partition coefficient (Wildman–Crippen LogP) is 4.80.